The van der Waals surface area contributed by atoms with Crippen molar-refractivity contribution in [2.45, 2.75) is 24.7 Å². The van der Waals surface area contributed by atoms with Gasteiger partial charge < -0.3 is 0 Å². The molecule has 144 valence electrons. The molecule has 0 aliphatic carbocycles. The Hall–Kier alpha value is -3.02. The Kier molecular flexibility index (Phi) is 5.87. The second-order valence-corrected chi connectivity index (χ2v) is 8.40. The molecule has 1 amide bonds. The van der Waals surface area contributed by atoms with Crippen LogP contribution >= 0.6 is 0 Å². The molecule has 0 saturated carbocycles. The number of hydrogen-bond donors (Lipinski definition) is 1. The zero-order chi connectivity index (χ0) is 20.1. The largest absolute Gasteiger partial charge is 0.271 e. The molecule has 0 bridgehead atoms. The summed E-state index contributed by atoms with van der Waals surface area (Å²) in [5.41, 5.74) is 4.54. The van der Waals surface area contributed by atoms with E-state index in [2.05, 4.69) is 10.5 Å². The molecule has 1 N–H and O–H groups in total. The van der Waals surface area contributed by atoms with Crippen molar-refractivity contribution in [3.8, 4) is 6.07 Å². The van der Waals surface area contributed by atoms with E-state index >= 15 is 0 Å². The van der Waals surface area contributed by atoms with Crippen LogP contribution in [0.15, 0.2) is 58.5 Å². The molecule has 1 heterocycles. The standard InChI is InChI=1S/C20H20N4O3S/c1-15(17-9-7-16(14-21)8-10-17)22-23-20(25)18-5-4-6-19(13-18)28(26,27)24-11-2-3-12-24/h4-10,13H,2-3,11-12H2,1H3,(H,23,25)/b22-15-. The van der Waals surface area contributed by atoms with Gasteiger partial charge in [-0.3, -0.25) is 4.79 Å². The summed E-state index contributed by atoms with van der Waals surface area (Å²) in [5, 5.41) is 12.9. The SMILES string of the molecule is C/C(=N/NC(=O)c1cccc(S(=O)(=O)N2CCCC2)c1)c1ccc(C#N)cc1. The highest BCUT2D eigenvalue weighted by atomic mass is 32.2. The summed E-state index contributed by atoms with van der Waals surface area (Å²) in [6.45, 7) is 2.75. The molecule has 1 saturated heterocycles. The van der Waals surface area contributed by atoms with Crippen LogP contribution < -0.4 is 5.43 Å². The Bertz CT molecular complexity index is 1050. The highest BCUT2D eigenvalue weighted by molar-refractivity contribution is 7.89. The third-order valence-electron chi connectivity index (χ3n) is 4.56. The minimum atomic E-state index is -3.58. The number of benzene rings is 2. The normalized spacial score (nSPS) is 15.2. The molecule has 8 heteroatoms. The molecular formula is C20H20N4O3S. The molecular weight excluding hydrogens is 376 g/mol. The van der Waals surface area contributed by atoms with E-state index in [0.29, 0.717) is 24.4 Å². The Morgan fingerprint density at radius 1 is 1.11 bits per heavy atom. The average Bonchev–Trinajstić information content (AvgIpc) is 3.27. The first-order valence-corrected chi connectivity index (χ1v) is 10.3. The van der Waals surface area contributed by atoms with Crippen LogP contribution in [0.1, 0.15) is 41.3 Å². The third kappa shape index (κ3) is 4.27. The van der Waals surface area contributed by atoms with E-state index in [0.717, 1.165) is 18.4 Å². The van der Waals surface area contributed by atoms with Gasteiger partial charge in [0.15, 0.2) is 0 Å². The van der Waals surface area contributed by atoms with Crippen molar-refractivity contribution in [2.75, 3.05) is 13.1 Å². The number of sulfonamides is 1. The molecule has 1 fully saturated rings. The van der Waals surface area contributed by atoms with Crippen LogP contribution in [0.4, 0.5) is 0 Å². The maximum absolute atomic E-state index is 12.7. The van der Waals surface area contributed by atoms with Crippen molar-refractivity contribution in [3.63, 3.8) is 0 Å². The quantitative estimate of drug-likeness (QED) is 0.619. The highest BCUT2D eigenvalue weighted by Crippen LogP contribution is 2.21. The van der Waals surface area contributed by atoms with E-state index in [1.165, 1.54) is 16.4 Å². The molecule has 28 heavy (non-hydrogen) atoms. The Morgan fingerprint density at radius 3 is 2.43 bits per heavy atom. The summed E-state index contributed by atoms with van der Waals surface area (Å²) in [7, 11) is -3.58. The monoisotopic (exact) mass is 396 g/mol. The van der Waals surface area contributed by atoms with Crippen LogP contribution in [0.3, 0.4) is 0 Å². The summed E-state index contributed by atoms with van der Waals surface area (Å²) in [6.07, 6.45) is 1.70. The molecule has 0 spiro atoms. The van der Waals surface area contributed by atoms with E-state index < -0.39 is 15.9 Å². The lowest BCUT2D eigenvalue weighted by atomic mass is 10.1. The Balaban J connectivity index is 1.75. The van der Waals surface area contributed by atoms with Gasteiger partial charge in [0.1, 0.15) is 0 Å². The fourth-order valence-electron chi connectivity index (χ4n) is 2.93. The smallest absolute Gasteiger partial charge is 0.267 e. The number of nitrogens with zero attached hydrogens (tertiary/aromatic N) is 3. The lowest BCUT2D eigenvalue weighted by Gasteiger charge is -2.15. The summed E-state index contributed by atoms with van der Waals surface area (Å²) < 4.78 is 26.8. The van der Waals surface area contributed by atoms with Crippen molar-refractivity contribution in [1.82, 2.24) is 9.73 Å². The average molecular weight is 396 g/mol. The van der Waals surface area contributed by atoms with Crippen molar-refractivity contribution < 1.29 is 13.2 Å². The van der Waals surface area contributed by atoms with Crippen molar-refractivity contribution in [2.24, 2.45) is 5.10 Å². The molecule has 2 aromatic carbocycles. The number of nitrogens with one attached hydrogen (secondary N) is 1. The zero-order valence-corrected chi connectivity index (χ0v) is 16.2. The van der Waals surface area contributed by atoms with Gasteiger partial charge in [0, 0.05) is 18.7 Å². The maximum Gasteiger partial charge on any atom is 0.271 e. The highest BCUT2D eigenvalue weighted by Gasteiger charge is 2.27. The summed E-state index contributed by atoms with van der Waals surface area (Å²) in [5.74, 6) is -0.494. The number of carbonyl (C=O) groups is 1. The number of carbonyl (C=O) groups excluding carboxylic acids is 1. The van der Waals surface area contributed by atoms with Crippen LogP contribution in [-0.4, -0.2) is 37.4 Å². The molecule has 0 atom stereocenters. The maximum atomic E-state index is 12.7. The van der Waals surface area contributed by atoms with Crippen LogP contribution in [-0.2, 0) is 10.0 Å². The molecule has 0 unspecified atom stereocenters. The topological polar surface area (TPSA) is 103 Å². The number of nitriles is 1. The van der Waals surface area contributed by atoms with Gasteiger partial charge in [0.2, 0.25) is 10.0 Å². The van der Waals surface area contributed by atoms with Crippen LogP contribution in [0.2, 0.25) is 0 Å². The molecule has 1 aliphatic heterocycles. The first kappa shape index (κ1) is 19.7. The van der Waals surface area contributed by atoms with Crippen molar-refractivity contribution in [1.29, 1.82) is 5.26 Å². The van der Waals surface area contributed by atoms with Gasteiger partial charge in [-0.05, 0) is 55.7 Å². The van der Waals surface area contributed by atoms with Gasteiger partial charge in [-0.1, -0.05) is 18.2 Å². The predicted molar refractivity (Wildman–Crippen MR) is 105 cm³/mol. The van der Waals surface area contributed by atoms with E-state index in [9.17, 15) is 13.2 Å². The molecule has 7 nitrogen and oxygen atoms in total. The first-order valence-electron chi connectivity index (χ1n) is 8.87. The van der Waals surface area contributed by atoms with E-state index in [1.807, 2.05) is 6.07 Å². The molecule has 0 aromatic heterocycles. The molecule has 3 rings (SSSR count). The number of hydrogen-bond acceptors (Lipinski definition) is 5. The van der Waals surface area contributed by atoms with Gasteiger partial charge in [-0.2, -0.15) is 14.7 Å². The Morgan fingerprint density at radius 2 is 1.79 bits per heavy atom. The second-order valence-electron chi connectivity index (χ2n) is 6.47. The van der Waals surface area contributed by atoms with Gasteiger partial charge in [0.05, 0.1) is 22.2 Å². The van der Waals surface area contributed by atoms with E-state index in [-0.39, 0.29) is 10.5 Å². The number of hydrazone groups is 1. The molecule has 1 aliphatic rings. The number of amides is 1. The third-order valence-corrected chi connectivity index (χ3v) is 6.45. The van der Waals surface area contributed by atoms with Gasteiger partial charge in [-0.15, -0.1) is 0 Å². The first-order chi connectivity index (χ1) is 13.4. The zero-order valence-electron chi connectivity index (χ0n) is 15.4. The fraction of sp³-hybridized carbons (Fsp3) is 0.250. The summed E-state index contributed by atoms with van der Waals surface area (Å²) in [6, 6.07) is 14.8. The predicted octanol–water partition coefficient (Wildman–Crippen LogP) is 2.50. The lowest BCUT2D eigenvalue weighted by Crippen LogP contribution is -2.28. The van der Waals surface area contributed by atoms with E-state index in [1.54, 1.807) is 43.3 Å². The summed E-state index contributed by atoms with van der Waals surface area (Å²) in [4.78, 5) is 12.5. The van der Waals surface area contributed by atoms with Crippen molar-refractivity contribution >= 4 is 21.6 Å². The molecule has 0 radical (unpaired) electrons. The second kappa shape index (κ2) is 8.33. The molecule has 2 aromatic rings. The van der Waals surface area contributed by atoms with Crippen LogP contribution in [0.5, 0.6) is 0 Å². The van der Waals surface area contributed by atoms with Gasteiger partial charge in [-0.25, -0.2) is 13.8 Å². The minimum absolute atomic E-state index is 0.106. The minimum Gasteiger partial charge on any atom is -0.267 e. The summed E-state index contributed by atoms with van der Waals surface area (Å²) >= 11 is 0. The lowest BCUT2D eigenvalue weighted by molar-refractivity contribution is 0.0954. The van der Waals surface area contributed by atoms with Gasteiger partial charge >= 0.3 is 0 Å². The van der Waals surface area contributed by atoms with Crippen molar-refractivity contribution in [3.05, 3.63) is 65.2 Å². The van der Waals surface area contributed by atoms with E-state index in [4.69, 9.17) is 5.26 Å². The fourth-order valence-corrected chi connectivity index (χ4v) is 4.49. The van der Waals surface area contributed by atoms with Crippen LogP contribution in [0, 0.1) is 11.3 Å². The number of rotatable bonds is 5. The van der Waals surface area contributed by atoms with Gasteiger partial charge in [0.25, 0.3) is 5.91 Å². The Labute approximate surface area is 164 Å². The van der Waals surface area contributed by atoms with Crippen LogP contribution in [0.25, 0.3) is 0 Å².